The molecule has 0 aliphatic carbocycles. The number of nitro benzene ring substituents is 1. The lowest BCUT2D eigenvalue weighted by Crippen LogP contribution is -2.29. The minimum absolute atomic E-state index is 0.0734. The Balaban J connectivity index is 1.78. The number of anilines is 1. The van der Waals surface area contributed by atoms with Crippen LogP contribution in [0.2, 0.25) is 0 Å². The molecule has 0 bridgehead atoms. The summed E-state index contributed by atoms with van der Waals surface area (Å²) in [6.07, 6.45) is 0.738. The maximum absolute atomic E-state index is 13.6. The highest BCUT2D eigenvalue weighted by molar-refractivity contribution is 6.10. The number of carbonyl (C=O) groups is 1. The number of hydrogen-bond acceptors (Lipinski definition) is 7. The zero-order chi connectivity index (χ0) is 22.6. The standard InChI is InChI=1S/C23H17N3O6/c1-3-13-4-9-17-16(11-13)21(27)19-20(14-5-7-15(8-6-14)26(29)30)25(23(28)22(19)31-17)18-10-12(2)32-24-18/h4-11,20H,3H2,1-2H3. The Morgan fingerprint density at radius 3 is 2.50 bits per heavy atom. The Hall–Kier alpha value is -4.27. The van der Waals surface area contributed by atoms with Gasteiger partial charge in [0.05, 0.1) is 21.9 Å². The molecule has 0 saturated carbocycles. The van der Waals surface area contributed by atoms with E-state index in [0.717, 1.165) is 12.0 Å². The van der Waals surface area contributed by atoms with E-state index < -0.39 is 16.9 Å². The molecule has 0 radical (unpaired) electrons. The number of nitro groups is 1. The molecule has 1 aliphatic rings. The van der Waals surface area contributed by atoms with Crippen LogP contribution in [0.5, 0.6) is 0 Å². The summed E-state index contributed by atoms with van der Waals surface area (Å²) >= 11 is 0. The van der Waals surface area contributed by atoms with Crippen molar-refractivity contribution < 1.29 is 18.7 Å². The molecule has 0 saturated heterocycles. The second kappa shape index (κ2) is 7.16. The van der Waals surface area contributed by atoms with E-state index in [4.69, 9.17) is 8.94 Å². The van der Waals surface area contributed by atoms with E-state index in [1.54, 1.807) is 25.1 Å². The van der Waals surface area contributed by atoms with Gasteiger partial charge >= 0.3 is 0 Å². The molecule has 0 spiro atoms. The van der Waals surface area contributed by atoms with Crippen LogP contribution in [0.15, 0.2) is 62.3 Å². The molecule has 0 fully saturated rings. The molecule has 9 nitrogen and oxygen atoms in total. The highest BCUT2D eigenvalue weighted by Gasteiger charge is 2.45. The molecule has 1 unspecified atom stereocenters. The van der Waals surface area contributed by atoms with E-state index in [1.807, 2.05) is 13.0 Å². The zero-order valence-corrected chi connectivity index (χ0v) is 17.2. The molecule has 1 amide bonds. The number of aryl methyl sites for hydroxylation is 2. The second-order valence-electron chi connectivity index (χ2n) is 7.58. The van der Waals surface area contributed by atoms with Crippen molar-refractivity contribution in [3.8, 4) is 0 Å². The number of amides is 1. The van der Waals surface area contributed by atoms with E-state index in [0.29, 0.717) is 22.3 Å². The number of non-ortho nitro benzene ring substituents is 1. The molecule has 3 heterocycles. The summed E-state index contributed by atoms with van der Waals surface area (Å²) in [5.41, 5.74) is 1.55. The molecule has 2 aromatic heterocycles. The van der Waals surface area contributed by atoms with Crippen LogP contribution in [-0.2, 0) is 6.42 Å². The monoisotopic (exact) mass is 431 g/mol. The van der Waals surface area contributed by atoms with Gasteiger partial charge in [0.1, 0.15) is 11.3 Å². The topological polar surface area (TPSA) is 120 Å². The van der Waals surface area contributed by atoms with Gasteiger partial charge in [-0.1, -0.05) is 18.1 Å². The van der Waals surface area contributed by atoms with Crippen LogP contribution in [0, 0.1) is 17.0 Å². The molecule has 2 aromatic carbocycles. The van der Waals surface area contributed by atoms with Crippen LogP contribution in [0.1, 0.15) is 46.0 Å². The largest absolute Gasteiger partial charge is 0.450 e. The Morgan fingerprint density at radius 1 is 1.12 bits per heavy atom. The van der Waals surface area contributed by atoms with Gasteiger partial charge in [0.25, 0.3) is 11.6 Å². The van der Waals surface area contributed by atoms with Gasteiger partial charge in [-0.2, -0.15) is 0 Å². The summed E-state index contributed by atoms with van der Waals surface area (Å²) in [6, 6.07) is 11.7. The minimum atomic E-state index is -0.867. The number of hydrogen-bond donors (Lipinski definition) is 0. The lowest BCUT2D eigenvalue weighted by Gasteiger charge is -2.22. The first-order valence-electron chi connectivity index (χ1n) is 10.00. The van der Waals surface area contributed by atoms with Gasteiger partial charge < -0.3 is 8.94 Å². The Kier molecular flexibility index (Phi) is 4.40. The third kappa shape index (κ3) is 2.89. The van der Waals surface area contributed by atoms with E-state index >= 15 is 0 Å². The van der Waals surface area contributed by atoms with E-state index in [9.17, 15) is 19.7 Å². The SMILES string of the molecule is CCc1ccc2oc3c(c(=O)c2c1)C(c1ccc([N+](=O)[O-])cc1)N(c1cc(C)on1)C3=O. The molecule has 160 valence electrons. The van der Waals surface area contributed by atoms with Crippen molar-refractivity contribution in [2.24, 2.45) is 0 Å². The van der Waals surface area contributed by atoms with Gasteiger partial charge in [-0.25, -0.2) is 0 Å². The van der Waals surface area contributed by atoms with Gasteiger partial charge in [-0.05, 0) is 48.7 Å². The van der Waals surface area contributed by atoms with E-state index in [1.165, 1.54) is 29.2 Å². The first kappa shape index (κ1) is 19.7. The van der Waals surface area contributed by atoms with Gasteiger partial charge in [0.2, 0.25) is 5.76 Å². The highest BCUT2D eigenvalue weighted by Crippen LogP contribution is 2.41. The molecule has 1 aliphatic heterocycles. The van der Waals surface area contributed by atoms with Crippen LogP contribution in [0.25, 0.3) is 11.0 Å². The number of carbonyl (C=O) groups excluding carboxylic acids is 1. The third-order valence-corrected chi connectivity index (χ3v) is 5.62. The van der Waals surface area contributed by atoms with E-state index in [-0.39, 0.29) is 28.3 Å². The number of benzene rings is 2. The van der Waals surface area contributed by atoms with Crippen LogP contribution in [0.4, 0.5) is 11.5 Å². The molecule has 9 heteroatoms. The average Bonchev–Trinajstić information content (AvgIpc) is 3.34. The van der Waals surface area contributed by atoms with Crippen molar-refractivity contribution in [1.29, 1.82) is 0 Å². The molecule has 1 atom stereocenters. The maximum Gasteiger partial charge on any atom is 0.296 e. The molecule has 4 aromatic rings. The number of aromatic nitrogens is 1. The fourth-order valence-electron chi connectivity index (χ4n) is 4.04. The summed E-state index contributed by atoms with van der Waals surface area (Å²) in [4.78, 5) is 38.9. The molecular formula is C23H17N3O6. The van der Waals surface area contributed by atoms with Gasteiger partial charge in [-0.15, -0.1) is 0 Å². The van der Waals surface area contributed by atoms with Gasteiger partial charge in [0, 0.05) is 18.2 Å². The fourth-order valence-corrected chi connectivity index (χ4v) is 4.04. The Bertz CT molecular complexity index is 1450. The third-order valence-electron chi connectivity index (χ3n) is 5.62. The zero-order valence-electron chi connectivity index (χ0n) is 17.2. The lowest BCUT2D eigenvalue weighted by atomic mass is 9.97. The van der Waals surface area contributed by atoms with Crippen molar-refractivity contribution in [2.75, 3.05) is 4.90 Å². The predicted octanol–water partition coefficient (Wildman–Crippen LogP) is 4.31. The normalized spacial score (nSPS) is 15.4. The smallest absolute Gasteiger partial charge is 0.296 e. The van der Waals surface area contributed by atoms with Crippen LogP contribution < -0.4 is 10.3 Å². The summed E-state index contributed by atoms with van der Waals surface area (Å²) in [5, 5.41) is 15.4. The van der Waals surface area contributed by atoms with E-state index in [2.05, 4.69) is 5.16 Å². The maximum atomic E-state index is 13.6. The second-order valence-corrected chi connectivity index (χ2v) is 7.58. The summed E-state index contributed by atoms with van der Waals surface area (Å²) in [5.74, 6) is 0.106. The van der Waals surface area contributed by atoms with Crippen LogP contribution in [-0.4, -0.2) is 16.0 Å². The van der Waals surface area contributed by atoms with Crippen molar-refractivity contribution in [1.82, 2.24) is 5.16 Å². The first-order chi connectivity index (χ1) is 15.4. The van der Waals surface area contributed by atoms with Crippen LogP contribution >= 0.6 is 0 Å². The van der Waals surface area contributed by atoms with Crippen molar-refractivity contribution in [3.05, 3.63) is 97.1 Å². The molecule has 0 N–H and O–H groups in total. The number of nitrogens with zero attached hydrogens (tertiary/aromatic N) is 3. The van der Waals surface area contributed by atoms with Crippen LogP contribution in [0.3, 0.4) is 0 Å². The quantitative estimate of drug-likeness (QED) is 0.349. The highest BCUT2D eigenvalue weighted by atomic mass is 16.6. The lowest BCUT2D eigenvalue weighted by molar-refractivity contribution is -0.384. The summed E-state index contributed by atoms with van der Waals surface area (Å²) in [6.45, 7) is 3.67. The van der Waals surface area contributed by atoms with Crippen molar-refractivity contribution in [3.63, 3.8) is 0 Å². The number of fused-ring (bicyclic) bond motifs is 2. The summed E-state index contributed by atoms with van der Waals surface area (Å²) < 4.78 is 11.1. The fraction of sp³-hybridized carbons (Fsp3) is 0.174. The van der Waals surface area contributed by atoms with Gasteiger partial charge in [0.15, 0.2) is 11.2 Å². The molecule has 32 heavy (non-hydrogen) atoms. The average molecular weight is 431 g/mol. The first-order valence-corrected chi connectivity index (χ1v) is 10.00. The molecule has 5 rings (SSSR count). The Morgan fingerprint density at radius 2 is 1.88 bits per heavy atom. The number of rotatable bonds is 4. The predicted molar refractivity (Wildman–Crippen MR) is 115 cm³/mol. The van der Waals surface area contributed by atoms with Crippen molar-refractivity contribution >= 4 is 28.4 Å². The Labute approximate surface area is 181 Å². The summed E-state index contributed by atoms with van der Waals surface area (Å²) in [7, 11) is 0. The minimum Gasteiger partial charge on any atom is -0.450 e. The molecular weight excluding hydrogens is 414 g/mol. The van der Waals surface area contributed by atoms with Crippen molar-refractivity contribution in [2.45, 2.75) is 26.3 Å². The van der Waals surface area contributed by atoms with Gasteiger partial charge in [-0.3, -0.25) is 24.6 Å².